The van der Waals surface area contributed by atoms with Crippen LogP contribution in [0.1, 0.15) is 49.9 Å². The van der Waals surface area contributed by atoms with Gasteiger partial charge in [0.1, 0.15) is 6.17 Å². The minimum atomic E-state index is -0.0681. The first-order valence-corrected chi connectivity index (χ1v) is 7.78. The summed E-state index contributed by atoms with van der Waals surface area (Å²) in [6, 6.07) is 8.39. The van der Waals surface area contributed by atoms with Crippen molar-refractivity contribution in [2.45, 2.75) is 51.7 Å². The SMILES string of the molecule is Cc1cccc(C2NC(C)C(=O)N2CCCC2CC2)c1. The molecule has 0 aromatic heterocycles. The van der Waals surface area contributed by atoms with E-state index in [1.165, 1.54) is 30.4 Å². The Morgan fingerprint density at radius 2 is 2.15 bits per heavy atom. The van der Waals surface area contributed by atoms with E-state index in [1.807, 2.05) is 11.8 Å². The normalized spacial score (nSPS) is 26.3. The maximum absolute atomic E-state index is 12.3. The van der Waals surface area contributed by atoms with Crippen molar-refractivity contribution in [1.29, 1.82) is 0 Å². The highest BCUT2D eigenvalue weighted by atomic mass is 16.2. The molecule has 1 aliphatic heterocycles. The largest absolute Gasteiger partial charge is 0.322 e. The Hall–Kier alpha value is -1.35. The summed E-state index contributed by atoms with van der Waals surface area (Å²) in [6.45, 7) is 4.94. The fourth-order valence-electron chi connectivity index (χ4n) is 3.09. The van der Waals surface area contributed by atoms with E-state index >= 15 is 0 Å². The molecule has 108 valence electrons. The van der Waals surface area contributed by atoms with Gasteiger partial charge in [0.15, 0.2) is 0 Å². The summed E-state index contributed by atoms with van der Waals surface area (Å²) in [7, 11) is 0. The van der Waals surface area contributed by atoms with Gasteiger partial charge in [-0.05, 0) is 38.2 Å². The first-order valence-electron chi connectivity index (χ1n) is 7.78. The van der Waals surface area contributed by atoms with Crippen LogP contribution in [0.25, 0.3) is 0 Å². The molecule has 2 aliphatic rings. The highest BCUT2D eigenvalue weighted by molar-refractivity contribution is 5.84. The Balaban J connectivity index is 1.71. The van der Waals surface area contributed by atoms with Crippen LogP contribution in [0.15, 0.2) is 24.3 Å². The summed E-state index contributed by atoms with van der Waals surface area (Å²) in [4.78, 5) is 14.4. The molecule has 3 nitrogen and oxygen atoms in total. The molecule has 1 aromatic carbocycles. The van der Waals surface area contributed by atoms with E-state index in [4.69, 9.17) is 0 Å². The predicted octanol–water partition coefficient (Wildman–Crippen LogP) is 3.00. The zero-order valence-electron chi connectivity index (χ0n) is 12.4. The van der Waals surface area contributed by atoms with E-state index in [0.29, 0.717) is 0 Å². The van der Waals surface area contributed by atoms with E-state index in [-0.39, 0.29) is 18.1 Å². The van der Waals surface area contributed by atoms with Crippen LogP contribution < -0.4 is 5.32 Å². The maximum atomic E-state index is 12.3. The monoisotopic (exact) mass is 272 g/mol. The number of nitrogens with one attached hydrogen (secondary N) is 1. The van der Waals surface area contributed by atoms with Gasteiger partial charge in [-0.2, -0.15) is 0 Å². The van der Waals surface area contributed by atoms with Gasteiger partial charge < -0.3 is 4.90 Å². The van der Waals surface area contributed by atoms with Crippen molar-refractivity contribution < 1.29 is 4.79 Å². The Morgan fingerprint density at radius 3 is 2.85 bits per heavy atom. The molecule has 1 heterocycles. The fraction of sp³-hybridized carbons (Fsp3) is 0.588. The maximum Gasteiger partial charge on any atom is 0.241 e. The summed E-state index contributed by atoms with van der Waals surface area (Å²) < 4.78 is 0. The van der Waals surface area contributed by atoms with Gasteiger partial charge in [0.2, 0.25) is 5.91 Å². The summed E-state index contributed by atoms with van der Waals surface area (Å²) in [5.74, 6) is 1.18. The van der Waals surface area contributed by atoms with Crippen molar-refractivity contribution in [1.82, 2.24) is 10.2 Å². The van der Waals surface area contributed by atoms with Gasteiger partial charge in [-0.1, -0.05) is 42.7 Å². The van der Waals surface area contributed by atoms with E-state index in [0.717, 1.165) is 18.9 Å². The first kappa shape index (κ1) is 13.6. The third kappa shape index (κ3) is 2.88. The van der Waals surface area contributed by atoms with Crippen LogP contribution >= 0.6 is 0 Å². The molecule has 0 bridgehead atoms. The van der Waals surface area contributed by atoms with Crippen LogP contribution in [0.3, 0.4) is 0 Å². The molecule has 0 spiro atoms. The van der Waals surface area contributed by atoms with Gasteiger partial charge in [0.25, 0.3) is 0 Å². The molecule has 2 unspecified atom stereocenters. The molecule has 3 rings (SSSR count). The number of rotatable bonds is 5. The quantitative estimate of drug-likeness (QED) is 0.893. The lowest BCUT2D eigenvalue weighted by atomic mass is 10.1. The van der Waals surface area contributed by atoms with Crippen molar-refractivity contribution in [2.75, 3.05) is 6.54 Å². The molecule has 20 heavy (non-hydrogen) atoms. The molecule has 2 fully saturated rings. The summed E-state index contributed by atoms with van der Waals surface area (Å²) in [6.07, 6.45) is 5.25. The lowest BCUT2D eigenvalue weighted by molar-refractivity contribution is -0.129. The Labute approximate surface area is 121 Å². The van der Waals surface area contributed by atoms with E-state index < -0.39 is 0 Å². The number of benzene rings is 1. The van der Waals surface area contributed by atoms with E-state index in [1.54, 1.807) is 0 Å². The van der Waals surface area contributed by atoms with Gasteiger partial charge in [-0.3, -0.25) is 10.1 Å². The average molecular weight is 272 g/mol. The highest BCUT2D eigenvalue weighted by Crippen LogP contribution is 2.34. The Bertz CT molecular complexity index is 496. The number of nitrogens with zero attached hydrogens (tertiary/aromatic N) is 1. The second-order valence-corrected chi connectivity index (χ2v) is 6.32. The minimum Gasteiger partial charge on any atom is -0.322 e. The van der Waals surface area contributed by atoms with Crippen molar-refractivity contribution >= 4 is 5.91 Å². The van der Waals surface area contributed by atoms with Crippen LogP contribution in [0.5, 0.6) is 0 Å². The zero-order valence-corrected chi connectivity index (χ0v) is 12.4. The van der Waals surface area contributed by atoms with Crippen LogP contribution in [0, 0.1) is 12.8 Å². The Kier molecular flexibility index (Phi) is 3.79. The van der Waals surface area contributed by atoms with Crippen molar-refractivity contribution in [3.8, 4) is 0 Å². The summed E-state index contributed by atoms with van der Waals surface area (Å²) >= 11 is 0. The molecule has 2 atom stereocenters. The molecule has 1 N–H and O–H groups in total. The van der Waals surface area contributed by atoms with Gasteiger partial charge in [0.05, 0.1) is 6.04 Å². The number of carbonyl (C=O) groups is 1. The summed E-state index contributed by atoms with van der Waals surface area (Å²) in [5.41, 5.74) is 2.45. The van der Waals surface area contributed by atoms with Gasteiger partial charge in [-0.25, -0.2) is 0 Å². The molecule has 0 radical (unpaired) electrons. The van der Waals surface area contributed by atoms with Gasteiger partial charge >= 0.3 is 0 Å². The Morgan fingerprint density at radius 1 is 1.35 bits per heavy atom. The third-order valence-electron chi connectivity index (χ3n) is 4.44. The first-order chi connectivity index (χ1) is 9.65. The number of hydrogen-bond acceptors (Lipinski definition) is 2. The lowest BCUT2D eigenvalue weighted by Crippen LogP contribution is -2.31. The second kappa shape index (κ2) is 5.57. The number of hydrogen-bond donors (Lipinski definition) is 1. The smallest absolute Gasteiger partial charge is 0.241 e. The highest BCUT2D eigenvalue weighted by Gasteiger charge is 2.36. The van der Waals surface area contributed by atoms with Crippen molar-refractivity contribution in [3.05, 3.63) is 35.4 Å². The van der Waals surface area contributed by atoms with Crippen LogP contribution in [-0.2, 0) is 4.79 Å². The predicted molar refractivity (Wildman–Crippen MR) is 80.2 cm³/mol. The molecule has 1 aromatic rings. The molecule has 1 saturated heterocycles. The molecule has 3 heteroatoms. The molecule has 1 aliphatic carbocycles. The molecular weight excluding hydrogens is 248 g/mol. The van der Waals surface area contributed by atoms with Crippen LogP contribution in [-0.4, -0.2) is 23.4 Å². The van der Waals surface area contributed by atoms with Crippen molar-refractivity contribution in [2.24, 2.45) is 5.92 Å². The van der Waals surface area contributed by atoms with Crippen LogP contribution in [0.4, 0.5) is 0 Å². The molecular formula is C17H24N2O. The van der Waals surface area contributed by atoms with Gasteiger partial charge in [-0.15, -0.1) is 0 Å². The lowest BCUT2D eigenvalue weighted by Gasteiger charge is -2.25. The fourth-order valence-corrected chi connectivity index (χ4v) is 3.09. The topological polar surface area (TPSA) is 32.3 Å². The second-order valence-electron chi connectivity index (χ2n) is 6.32. The van der Waals surface area contributed by atoms with E-state index in [9.17, 15) is 4.79 Å². The standard InChI is InChI=1S/C17H24N2O/c1-12-5-3-7-15(11-12)16-18-13(2)17(20)19(16)10-4-6-14-8-9-14/h3,5,7,11,13-14,16,18H,4,6,8-10H2,1-2H3. The van der Waals surface area contributed by atoms with E-state index in [2.05, 4.69) is 36.5 Å². The number of amides is 1. The summed E-state index contributed by atoms with van der Waals surface area (Å²) in [5, 5.41) is 3.43. The van der Waals surface area contributed by atoms with Gasteiger partial charge in [0, 0.05) is 6.54 Å². The number of carbonyl (C=O) groups excluding carboxylic acids is 1. The minimum absolute atomic E-state index is 0.0524. The molecule has 1 saturated carbocycles. The average Bonchev–Trinajstić information content (AvgIpc) is 3.20. The number of aryl methyl sites for hydroxylation is 1. The molecule has 1 amide bonds. The zero-order chi connectivity index (χ0) is 14.1. The van der Waals surface area contributed by atoms with Crippen LogP contribution in [0.2, 0.25) is 0 Å². The third-order valence-corrected chi connectivity index (χ3v) is 4.44. The van der Waals surface area contributed by atoms with Crippen molar-refractivity contribution in [3.63, 3.8) is 0 Å².